The van der Waals surface area contributed by atoms with Crippen molar-refractivity contribution in [1.82, 2.24) is 10.2 Å². The number of hydrogen-bond acceptors (Lipinski definition) is 2. The SMILES string of the molecule is CC(C)C(Br)C(=O)N1CCNC(=O)C1(C)C. The fourth-order valence-corrected chi connectivity index (χ4v) is 1.97. The Morgan fingerprint density at radius 1 is 1.50 bits per heavy atom. The molecule has 0 aromatic carbocycles. The lowest BCUT2D eigenvalue weighted by Crippen LogP contribution is -2.64. The van der Waals surface area contributed by atoms with Crippen molar-refractivity contribution in [3.8, 4) is 0 Å². The van der Waals surface area contributed by atoms with Crippen LogP contribution in [-0.2, 0) is 9.59 Å². The predicted molar refractivity (Wildman–Crippen MR) is 66.4 cm³/mol. The number of piperazine rings is 1. The summed E-state index contributed by atoms with van der Waals surface area (Å²) in [6.07, 6.45) is 0. The molecule has 4 nitrogen and oxygen atoms in total. The minimum atomic E-state index is -0.754. The summed E-state index contributed by atoms with van der Waals surface area (Å²) >= 11 is 3.39. The highest BCUT2D eigenvalue weighted by Crippen LogP contribution is 2.23. The second-order valence-corrected chi connectivity index (χ2v) is 5.94. The van der Waals surface area contributed by atoms with Crippen molar-refractivity contribution in [1.29, 1.82) is 0 Å². The lowest BCUT2D eigenvalue weighted by Gasteiger charge is -2.42. The molecule has 1 fully saturated rings. The topological polar surface area (TPSA) is 49.4 Å². The summed E-state index contributed by atoms with van der Waals surface area (Å²) in [7, 11) is 0. The van der Waals surface area contributed by atoms with Gasteiger partial charge in [0, 0.05) is 13.1 Å². The van der Waals surface area contributed by atoms with Gasteiger partial charge in [-0.2, -0.15) is 0 Å². The Labute approximate surface area is 105 Å². The summed E-state index contributed by atoms with van der Waals surface area (Å²) in [4.78, 5) is 25.3. The van der Waals surface area contributed by atoms with Gasteiger partial charge in [-0.25, -0.2) is 0 Å². The highest BCUT2D eigenvalue weighted by Gasteiger charge is 2.42. The maximum Gasteiger partial charge on any atom is 0.245 e. The van der Waals surface area contributed by atoms with Crippen LogP contribution in [0, 0.1) is 5.92 Å². The number of nitrogens with zero attached hydrogens (tertiary/aromatic N) is 1. The van der Waals surface area contributed by atoms with Gasteiger partial charge in [-0.1, -0.05) is 29.8 Å². The molecular formula is C11H19BrN2O2. The average Bonchev–Trinajstić information content (AvgIpc) is 2.19. The van der Waals surface area contributed by atoms with Gasteiger partial charge in [-0.3, -0.25) is 9.59 Å². The van der Waals surface area contributed by atoms with E-state index in [2.05, 4.69) is 21.2 Å². The molecular weight excluding hydrogens is 272 g/mol. The third kappa shape index (κ3) is 2.39. The number of carbonyl (C=O) groups excluding carboxylic acids is 2. The Morgan fingerprint density at radius 3 is 2.56 bits per heavy atom. The molecule has 0 aromatic heterocycles. The number of alkyl halides is 1. The van der Waals surface area contributed by atoms with E-state index in [-0.39, 0.29) is 22.6 Å². The molecule has 16 heavy (non-hydrogen) atoms. The quantitative estimate of drug-likeness (QED) is 0.776. The third-order valence-corrected chi connectivity index (χ3v) is 4.39. The fraction of sp³-hybridized carbons (Fsp3) is 0.818. The van der Waals surface area contributed by atoms with Gasteiger partial charge in [0.05, 0.1) is 4.83 Å². The van der Waals surface area contributed by atoms with Crippen molar-refractivity contribution in [2.45, 2.75) is 38.1 Å². The van der Waals surface area contributed by atoms with Crippen LogP contribution in [-0.4, -0.2) is 40.2 Å². The maximum absolute atomic E-state index is 12.2. The molecule has 1 aliphatic rings. The minimum Gasteiger partial charge on any atom is -0.352 e. The zero-order valence-corrected chi connectivity index (χ0v) is 11.8. The number of halogens is 1. The van der Waals surface area contributed by atoms with Crippen LogP contribution in [0.3, 0.4) is 0 Å². The van der Waals surface area contributed by atoms with E-state index < -0.39 is 5.54 Å². The normalized spacial score (nSPS) is 21.9. The lowest BCUT2D eigenvalue weighted by molar-refractivity contribution is -0.149. The summed E-state index contributed by atoms with van der Waals surface area (Å²) < 4.78 is 0. The molecule has 5 heteroatoms. The van der Waals surface area contributed by atoms with E-state index in [1.165, 1.54) is 0 Å². The first kappa shape index (κ1) is 13.5. The molecule has 1 unspecified atom stereocenters. The third-order valence-electron chi connectivity index (χ3n) is 2.94. The Balaban J connectivity index is 2.86. The summed E-state index contributed by atoms with van der Waals surface area (Å²) in [6.45, 7) is 8.62. The standard InChI is InChI=1S/C11H19BrN2O2/c1-7(2)8(12)9(15)14-6-5-13-10(16)11(14,3)4/h7-8H,5-6H2,1-4H3,(H,13,16). The van der Waals surface area contributed by atoms with Gasteiger partial charge >= 0.3 is 0 Å². The van der Waals surface area contributed by atoms with E-state index >= 15 is 0 Å². The smallest absolute Gasteiger partial charge is 0.245 e. The van der Waals surface area contributed by atoms with Gasteiger partial charge < -0.3 is 10.2 Å². The molecule has 92 valence electrons. The number of hydrogen-bond donors (Lipinski definition) is 1. The molecule has 1 heterocycles. The number of nitrogens with one attached hydrogen (secondary N) is 1. The van der Waals surface area contributed by atoms with Gasteiger partial charge in [0.1, 0.15) is 5.54 Å². The van der Waals surface area contributed by atoms with Gasteiger partial charge in [-0.15, -0.1) is 0 Å². The van der Waals surface area contributed by atoms with Gasteiger partial charge in [-0.05, 0) is 19.8 Å². The number of amides is 2. The second-order valence-electron chi connectivity index (χ2n) is 4.95. The van der Waals surface area contributed by atoms with E-state index in [1.54, 1.807) is 18.7 Å². The van der Waals surface area contributed by atoms with Crippen molar-refractivity contribution in [3.05, 3.63) is 0 Å². The average molecular weight is 291 g/mol. The van der Waals surface area contributed by atoms with Crippen molar-refractivity contribution in [2.24, 2.45) is 5.92 Å². The first-order valence-electron chi connectivity index (χ1n) is 5.52. The van der Waals surface area contributed by atoms with E-state index in [4.69, 9.17) is 0 Å². The zero-order valence-electron chi connectivity index (χ0n) is 10.2. The fourth-order valence-electron chi connectivity index (χ4n) is 1.72. The van der Waals surface area contributed by atoms with E-state index in [1.807, 2.05) is 13.8 Å². The predicted octanol–water partition coefficient (Wildman–Crippen LogP) is 1.14. The van der Waals surface area contributed by atoms with Crippen LogP contribution in [0.15, 0.2) is 0 Å². The van der Waals surface area contributed by atoms with Gasteiger partial charge in [0.15, 0.2) is 0 Å². The molecule has 0 aliphatic carbocycles. The Morgan fingerprint density at radius 2 is 2.06 bits per heavy atom. The molecule has 0 spiro atoms. The van der Waals surface area contributed by atoms with Crippen LogP contribution in [0.25, 0.3) is 0 Å². The summed E-state index contributed by atoms with van der Waals surface area (Å²) in [5.74, 6) is 0.124. The molecule has 1 saturated heterocycles. The van der Waals surface area contributed by atoms with E-state index in [0.29, 0.717) is 13.1 Å². The van der Waals surface area contributed by atoms with Crippen LogP contribution >= 0.6 is 15.9 Å². The van der Waals surface area contributed by atoms with Crippen molar-refractivity contribution in [2.75, 3.05) is 13.1 Å². The first-order chi connectivity index (χ1) is 7.28. The first-order valence-corrected chi connectivity index (χ1v) is 6.44. The van der Waals surface area contributed by atoms with Gasteiger partial charge in [0.2, 0.25) is 11.8 Å². The zero-order chi connectivity index (χ0) is 12.5. The Kier molecular flexibility index (Phi) is 3.99. The number of carbonyl (C=O) groups is 2. The summed E-state index contributed by atoms with van der Waals surface area (Å²) in [5, 5.41) is 2.78. The molecule has 0 saturated carbocycles. The summed E-state index contributed by atoms with van der Waals surface area (Å²) in [5.41, 5.74) is -0.754. The van der Waals surface area contributed by atoms with Gasteiger partial charge in [0.25, 0.3) is 0 Å². The van der Waals surface area contributed by atoms with E-state index in [0.717, 1.165) is 0 Å². The Hall–Kier alpha value is -0.580. The molecule has 0 radical (unpaired) electrons. The van der Waals surface area contributed by atoms with Crippen LogP contribution in [0.2, 0.25) is 0 Å². The minimum absolute atomic E-state index is 0.00477. The molecule has 2 amide bonds. The second kappa shape index (κ2) is 4.73. The van der Waals surface area contributed by atoms with Crippen LogP contribution < -0.4 is 5.32 Å². The molecule has 1 rings (SSSR count). The monoisotopic (exact) mass is 290 g/mol. The van der Waals surface area contributed by atoms with E-state index in [9.17, 15) is 9.59 Å². The van der Waals surface area contributed by atoms with Crippen LogP contribution in [0.1, 0.15) is 27.7 Å². The Bertz CT molecular complexity index is 302. The highest BCUT2D eigenvalue weighted by molar-refractivity contribution is 9.10. The maximum atomic E-state index is 12.2. The van der Waals surface area contributed by atoms with Crippen molar-refractivity contribution >= 4 is 27.7 Å². The molecule has 1 N–H and O–H groups in total. The van der Waals surface area contributed by atoms with Crippen LogP contribution in [0.4, 0.5) is 0 Å². The molecule has 1 atom stereocenters. The molecule has 0 bridgehead atoms. The number of rotatable bonds is 2. The summed E-state index contributed by atoms with van der Waals surface area (Å²) in [6, 6.07) is 0. The molecule has 0 aromatic rings. The molecule has 1 aliphatic heterocycles. The highest BCUT2D eigenvalue weighted by atomic mass is 79.9. The van der Waals surface area contributed by atoms with Crippen molar-refractivity contribution < 1.29 is 9.59 Å². The largest absolute Gasteiger partial charge is 0.352 e. The lowest BCUT2D eigenvalue weighted by atomic mass is 9.97. The van der Waals surface area contributed by atoms with Crippen molar-refractivity contribution in [3.63, 3.8) is 0 Å². The van der Waals surface area contributed by atoms with Crippen LogP contribution in [0.5, 0.6) is 0 Å².